The van der Waals surface area contributed by atoms with Crippen molar-refractivity contribution >= 4 is 39.5 Å². The molecule has 9 nitrogen and oxygen atoms in total. The summed E-state index contributed by atoms with van der Waals surface area (Å²) in [4.78, 5) is 29.9. The Morgan fingerprint density at radius 2 is 1.74 bits per heavy atom. The average molecular weight is 495 g/mol. The van der Waals surface area contributed by atoms with E-state index >= 15 is 0 Å². The van der Waals surface area contributed by atoms with Crippen LogP contribution in [0.2, 0.25) is 0 Å². The zero-order valence-corrected chi connectivity index (χ0v) is 20.5. The third-order valence-corrected chi connectivity index (χ3v) is 6.51. The summed E-state index contributed by atoms with van der Waals surface area (Å²) in [6.07, 6.45) is 2.08. The normalized spacial score (nSPS) is 16.4. The lowest BCUT2D eigenvalue weighted by atomic mass is 10.1. The molecular weight excluding hydrogens is 464 g/mol. The molecular formula is C25H30N6O3S. The number of rotatable bonds is 7. The average Bonchev–Trinajstić information content (AvgIpc) is 3.66. The van der Waals surface area contributed by atoms with E-state index in [4.69, 9.17) is 15.6 Å². The van der Waals surface area contributed by atoms with Crippen LogP contribution < -0.4 is 15.4 Å². The first-order valence-electron chi connectivity index (χ1n) is 11.6. The van der Waals surface area contributed by atoms with Crippen molar-refractivity contribution in [3.63, 3.8) is 0 Å². The Hall–Kier alpha value is -3.21. The lowest BCUT2D eigenvalue weighted by Gasteiger charge is -2.31. The molecule has 0 radical (unpaired) electrons. The highest BCUT2D eigenvalue weighted by Gasteiger charge is 2.26. The van der Waals surface area contributed by atoms with E-state index in [1.54, 1.807) is 30.3 Å². The molecule has 2 fully saturated rings. The van der Waals surface area contributed by atoms with Crippen molar-refractivity contribution in [3.8, 4) is 5.75 Å². The minimum Gasteiger partial charge on any atom is -0.488 e. The van der Waals surface area contributed by atoms with Crippen LogP contribution in [-0.4, -0.2) is 77.7 Å². The number of nitrogens with one attached hydrogen (secondary N) is 4. The molecule has 10 heteroatoms. The molecule has 0 atom stereocenters. The van der Waals surface area contributed by atoms with Crippen LogP contribution in [0, 0.1) is 10.8 Å². The van der Waals surface area contributed by atoms with E-state index in [-0.39, 0.29) is 28.8 Å². The summed E-state index contributed by atoms with van der Waals surface area (Å²) in [5.74, 6) is -0.116. The van der Waals surface area contributed by atoms with Gasteiger partial charge in [0.25, 0.3) is 5.91 Å². The fourth-order valence-corrected chi connectivity index (χ4v) is 4.19. The van der Waals surface area contributed by atoms with E-state index in [0.717, 1.165) is 50.8 Å². The number of benzene rings is 2. The van der Waals surface area contributed by atoms with Gasteiger partial charge in [0.1, 0.15) is 10.8 Å². The van der Waals surface area contributed by atoms with Crippen LogP contribution in [0.25, 0.3) is 0 Å². The molecule has 2 aromatic rings. The molecule has 2 aromatic carbocycles. The predicted octanol–water partition coefficient (Wildman–Crippen LogP) is 2.84. The van der Waals surface area contributed by atoms with Gasteiger partial charge in [0.05, 0.1) is 18.3 Å². The lowest BCUT2D eigenvalue weighted by Crippen LogP contribution is -2.47. The van der Waals surface area contributed by atoms with Gasteiger partial charge < -0.3 is 20.3 Å². The van der Waals surface area contributed by atoms with Crippen molar-refractivity contribution in [2.24, 2.45) is 0 Å². The second-order valence-corrected chi connectivity index (χ2v) is 9.76. The van der Waals surface area contributed by atoms with Crippen LogP contribution in [0.1, 0.15) is 28.8 Å². The highest BCUT2D eigenvalue weighted by Crippen LogP contribution is 2.33. The number of hydrogen-bond donors (Lipinski definition) is 4. The monoisotopic (exact) mass is 494 g/mol. The van der Waals surface area contributed by atoms with Gasteiger partial charge in [0.15, 0.2) is 5.17 Å². The van der Waals surface area contributed by atoms with Crippen molar-refractivity contribution < 1.29 is 14.3 Å². The highest BCUT2D eigenvalue weighted by atomic mass is 32.2. The maximum absolute atomic E-state index is 12.8. The molecule has 0 spiro atoms. The first-order chi connectivity index (χ1) is 16.9. The van der Waals surface area contributed by atoms with Crippen LogP contribution in [0.4, 0.5) is 5.69 Å². The molecule has 0 bridgehead atoms. The van der Waals surface area contributed by atoms with Crippen molar-refractivity contribution in [2.45, 2.75) is 18.9 Å². The maximum atomic E-state index is 12.8. The van der Waals surface area contributed by atoms with Gasteiger partial charge >= 0.3 is 0 Å². The summed E-state index contributed by atoms with van der Waals surface area (Å²) in [6, 6.07) is 13.9. The second kappa shape index (κ2) is 11.5. The quantitative estimate of drug-likeness (QED) is 0.347. The van der Waals surface area contributed by atoms with Crippen LogP contribution in [-0.2, 0) is 4.79 Å². The molecule has 1 saturated carbocycles. The van der Waals surface area contributed by atoms with E-state index < -0.39 is 5.91 Å². The smallest absolute Gasteiger partial charge is 0.257 e. The minimum absolute atomic E-state index is 0.136. The van der Waals surface area contributed by atoms with Crippen molar-refractivity contribution in [1.82, 2.24) is 15.1 Å². The molecule has 1 aliphatic carbocycles. The summed E-state index contributed by atoms with van der Waals surface area (Å²) in [6.45, 7) is 3.77. The summed E-state index contributed by atoms with van der Waals surface area (Å²) < 4.78 is 5.94. The molecule has 184 valence electrons. The number of carbonyl (C=O) groups is 2. The number of likely N-dealkylation sites (N-methyl/N-ethyl adjacent to an activating group) is 1. The Labute approximate surface area is 209 Å². The molecule has 1 aliphatic heterocycles. The molecule has 1 heterocycles. The van der Waals surface area contributed by atoms with Crippen LogP contribution in [0.5, 0.6) is 5.75 Å². The van der Waals surface area contributed by atoms with Gasteiger partial charge in [-0.05, 0) is 49.9 Å². The van der Waals surface area contributed by atoms with Gasteiger partial charge in [-0.3, -0.25) is 25.3 Å². The van der Waals surface area contributed by atoms with E-state index in [0.29, 0.717) is 22.6 Å². The zero-order chi connectivity index (χ0) is 24.8. The van der Waals surface area contributed by atoms with E-state index in [1.165, 1.54) is 0 Å². The Balaban J connectivity index is 1.39. The molecule has 2 aliphatic rings. The van der Waals surface area contributed by atoms with Gasteiger partial charge in [-0.1, -0.05) is 30.3 Å². The molecule has 2 amide bonds. The Kier molecular flexibility index (Phi) is 8.17. The molecule has 0 aromatic heterocycles. The Bertz CT molecular complexity index is 1100. The summed E-state index contributed by atoms with van der Waals surface area (Å²) in [7, 11) is 2.07. The maximum Gasteiger partial charge on any atom is 0.257 e. The van der Waals surface area contributed by atoms with Gasteiger partial charge in [-0.25, -0.2) is 0 Å². The number of thioether (sulfide) groups is 1. The van der Waals surface area contributed by atoms with E-state index in [2.05, 4.69) is 27.5 Å². The molecule has 35 heavy (non-hydrogen) atoms. The Morgan fingerprint density at radius 1 is 1.03 bits per heavy atom. The minimum atomic E-state index is -0.490. The number of anilines is 1. The van der Waals surface area contributed by atoms with Crippen LogP contribution >= 0.6 is 11.8 Å². The van der Waals surface area contributed by atoms with Gasteiger partial charge in [-0.15, -0.1) is 0 Å². The number of amides is 2. The number of amidine groups is 1. The number of hydrogen-bond acceptors (Lipinski definition) is 8. The standard InChI is InChI=1S/C25H30N6O3S/c1-30-11-13-31(14-12-30)16-22(32)28-20-15-18(7-10-21(20)34-19-8-9-19)24(33)29-25(27)35-23(26)17-5-3-2-4-6-17/h2-7,10,15,19,26H,8-9,11-14,16H2,1H3,(H,28,32)(H2,27,29,33). The zero-order valence-electron chi connectivity index (χ0n) is 19.7. The molecule has 0 unspecified atom stereocenters. The van der Waals surface area contributed by atoms with Crippen molar-refractivity contribution in [3.05, 3.63) is 59.7 Å². The fraction of sp³-hybridized carbons (Fsp3) is 0.360. The Morgan fingerprint density at radius 3 is 2.43 bits per heavy atom. The first-order valence-corrected chi connectivity index (χ1v) is 12.4. The third-order valence-electron chi connectivity index (χ3n) is 5.76. The van der Waals surface area contributed by atoms with E-state index in [9.17, 15) is 9.59 Å². The summed E-state index contributed by atoms with van der Waals surface area (Å²) in [5.41, 5.74) is 1.41. The summed E-state index contributed by atoms with van der Waals surface area (Å²) >= 11 is 0.861. The largest absolute Gasteiger partial charge is 0.488 e. The number of carbonyl (C=O) groups excluding carboxylic acids is 2. The van der Waals surface area contributed by atoms with Crippen molar-refractivity contribution in [1.29, 1.82) is 10.8 Å². The first kappa shape index (κ1) is 24.9. The fourth-order valence-electron chi connectivity index (χ4n) is 3.59. The number of piperazine rings is 1. The second-order valence-electron chi connectivity index (χ2n) is 8.74. The van der Waals surface area contributed by atoms with Crippen molar-refractivity contribution in [2.75, 3.05) is 45.1 Å². The summed E-state index contributed by atoms with van der Waals surface area (Å²) in [5, 5.41) is 21.7. The van der Waals surface area contributed by atoms with Gasteiger partial charge in [0, 0.05) is 37.3 Å². The van der Waals surface area contributed by atoms with E-state index in [1.807, 2.05) is 18.2 Å². The van der Waals surface area contributed by atoms with Crippen LogP contribution in [0.15, 0.2) is 48.5 Å². The predicted molar refractivity (Wildman–Crippen MR) is 139 cm³/mol. The number of nitrogens with zero attached hydrogens (tertiary/aromatic N) is 2. The number of ether oxygens (including phenoxy) is 1. The SMILES string of the molecule is CN1CCN(CC(=O)Nc2cc(C(=O)NC(=N)SC(=N)c3ccccc3)ccc2OC2CC2)CC1. The molecule has 4 rings (SSSR count). The van der Waals surface area contributed by atoms with Gasteiger partial charge in [-0.2, -0.15) is 0 Å². The van der Waals surface area contributed by atoms with Gasteiger partial charge in [0.2, 0.25) is 5.91 Å². The molecule has 1 saturated heterocycles. The highest BCUT2D eigenvalue weighted by molar-refractivity contribution is 8.26. The van der Waals surface area contributed by atoms with Crippen LogP contribution in [0.3, 0.4) is 0 Å². The lowest BCUT2D eigenvalue weighted by molar-refractivity contribution is -0.117. The molecule has 4 N–H and O–H groups in total. The topological polar surface area (TPSA) is 122 Å². The third kappa shape index (κ3) is 7.38.